The van der Waals surface area contributed by atoms with Gasteiger partial charge in [0, 0.05) is 18.8 Å². The van der Waals surface area contributed by atoms with E-state index >= 15 is 0 Å². The maximum atomic E-state index is 10.7. The average molecular weight is 342 g/mol. The number of nitrogens with zero attached hydrogens (tertiary/aromatic N) is 1. The van der Waals surface area contributed by atoms with E-state index in [0.717, 1.165) is 31.0 Å². The standard InChI is InChI=1S/C18H31NO3S/c1-4-7-8-16(5-2)15-22-18-11-9-17(10-12-18)19(6-3)13-14-23(20)21/h9-12,16,23H,4-8,13-15H2,1-3H3. The maximum absolute atomic E-state index is 10.7. The normalized spacial score (nSPS) is 12.3. The van der Waals surface area contributed by atoms with Crippen molar-refractivity contribution in [2.45, 2.75) is 46.5 Å². The fraction of sp³-hybridized carbons (Fsp3) is 0.667. The Morgan fingerprint density at radius 3 is 2.35 bits per heavy atom. The van der Waals surface area contributed by atoms with Crippen LogP contribution in [0.15, 0.2) is 24.3 Å². The lowest BCUT2D eigenvalue weighted by Crippen LogP contribution is -2.26. The Bertz CT molecular complexity index is 491. The van der Waals surface area contributed by atoms with Crippen LogP contribution < -0.4 is 9.64 Å². The van der Waals surface area contributed by atoms with E-state index in [1.54, 1.807) is 0 Å². The van der Waals surface area contributed by atoms with E-state index in [9.17, 15) is 8.42 Å². The molecule has 0 aliphatic carbocycles. The molecule has 5 heteroatoms. The molecule has 0 N–H and O–H groups in total. The predicted octanol–water partition coefficient (Wildman–Crippen LogP) is 3.72. The molecule has 0 bridgehead atoms. The zero-order chi connectivity index (χ0) is 17.1. The first kappa shape index (κ1) is 19.8. The third kappa shape index (κ3) is 7.73. The van der Waals surface area contributed by atoms with Crippen LogP contribution in [0, 0.1) is 5.92 Å². The van der Waals surface area contributed by atoms with Gasteiger partial charge >= 0.3 is 0 Å². The fourth-order valence-electron chi connectivity index (χ4n) is 2.54. The van der Waals surface area contributed by atoms with Gasteiger partial charge in [-0.3, -0.25) is 0 Å². The second-order valence-corrected chi connectivity index (χ2v) is 6.97. The summed E-state index contributed by atoms with van der Waals surface area (Å²) in [6.45, 7) is 8.55. The molecule has 0 amide bonds. The van der Waals surface area contributed by atoms with Gasteiger partial charge in [-0.2, -0.15) is 0 Å². The molecule has 23 heavy (non-hydrogen) atoms. The van der Waals surface area contributed by atoms with Gasteiger partial charge in [0.1, 0.15) is 16.5 Å². The molecule has 1 atom stereocenters. The Morgan fingerprint density at radius 2 is 1.83 bits per heavy atom. The van der Waals surface area contributed by atoms with Gasteiger partial charge in [-0.05, 0) is 43.5 Å². The van der Waals surface area contributed by atoms with Crippen molar-refractivity contribution in [2.24, 2.45) is 5.92 Å². The Hall–Kier alpha value is -1.23. The van der Waals surface area contributed by atoms with E-state index in [2.05, 4.69) is 18.7 Å². The number of hydrogen-bond donors (Lipinski definition) is 1. The van der Waals surface area contributed by atoms with Gasteiger partial charge in [-0.15, -0.1) is 0 Å². The van der Waals surface area contributed by atoms with Crippen LogP contribution >= 0.6 is 0 Å². The van der Waals surface area contributed by atoms with E-state index in [4.69, 9.17) is 4.74 Å². The Balaban J connectivity index is 2.54. The Labute approximate surface area is 142 Å². The number of unbranched alkanes of at least 4 members (excludes halogenated alkanes) is 1. The first-order valence-corrected chi connectivity index (χ1v) is 10.1. The molecule has 1 aromatic carbocycles. The summed E-state index contributed by atoms with van der Waals surface area (Å²) >= 11 is 0. The highest BCUT2D eigenvalue weighted by Gasteiger charge is 2.08. The van der Waals surface area contributed by atoms with E-state index in [1.165, 1.54) is 19.3 Å². The molecule has 0 spiro atoms. The van der Waals surface area contributed by atoms with Crippen LogP contribution in [0.2, 0.25) is 0 Å². The summed E-state index contributed by atoms with van der Waals surface area (Å²) in [6, 6.07) is 7.96. The molecule has 0 fully saturated rings. The van der Waals surface area contributed by atoms with Crippen molar-refractivity contribution in [3.05, 3.63) is 24.3 Å². The number of thiol groups is 1. The van der Waals surface area contributed by atoms with Crippen LogP contribution in [0.5, 0.6) is 5.75 Å². The summed E-state index contributed by atoms with van der Waals surface area (Å²) in [6.07, 6.45) is 4.86. The van der Waals surface area contributed by atoms with Crippen LogP contribution in [0.3, 0.4) is 0 Å². The summed E-state index contributed by atoms with van der Waals surface area (Å²) in [7, 11) is -2.32. The van der Waals surface area contributed by atoms with Crippen LogP contribution in [-0.2, 0) is 10.7 Å². The lowest BCUT2D eigenvalue weighted by atomic mass is 10.0. The topological polar surface area (TPSA) is 46.6 Å². The average Bonchev–Trinajstić information content (AvgIpc) is 2.56. The van der Waals surface area contributed by atoms with Gasteiger partial charge in [0.05, 0.1) is 12.4 Å². The lowest BCUT2D eigenvalue weighted by Gasteiger charge is -2.22. The smallest absolute Gasteiger partial charge is 0.141 e. The molecule has 0 heterocycles. The van der Waals surface area contributed by atoms with E-state index in [1.807, 2.05) is 31.2 Å². The first-order chi connectivity index (χ1) is 11.1. The number of anilines is 1. The largest absolute Gasteiger partial charge is 0.493 e. The summed E-state index contributed by atoms with van der Waals surface area (Å²) < 4.78 is 27.4. The summed E-state index contributed by atoms with van der Waals surface area (Å²) in [5.74, 6) is 1.70. The quantitative estimate of drug-likeness (QED) is 0.589. The SMILES string of the molecule is CCCCC(CC)COc1ccc(N(CC)CC[SH](=O)=O)cc1. The monoisotopic (exact) mass is 341 g/mol. The molecule has 0 aliphatic heterocycles. The minimum absolute atomic E-state index is 0.192. The summed E-state index contributed by atoms with van der Waals surface area (Å²) in [4.78, 5) is 2.06. The van der Waals surface area contributed by atoms with Gasteiger partial charge in [0.15, 0.2) is 0 Å². The minimum Gasteiger partial charge on any atom is -0.493 e. The maximum Gasteiger partial charge on any atom is 0.141 e. The molecule has 0 saturated heterocycles. The first-order valence-electron chi connectivity index (χ1n) is 8.70. The van der Waals surface area contributed by atoms with Gasteiger partial charge in [-0.1, -0.05) is 33.1 Å². The molecule has 0 radical (unpaired) electrons. The summed E-state index contributed by atoms with van der Waals surface area (Å²) in [5, 5.41) is 0. The second-order valence-electron chi connectivity index (χ2n) is 5.86. The molecule has 0 saturated carbocycles. The predicted molar refractivity (Wildman–Crippen MR) is 98.3 cm³/mol. The molecule has 132 valence electrons. The van der Waals surface area contributed by atoms with Crippen LogP contribution in [0.1, 0.15) is 46.5 Å². The van der Waals surface area contributed by atoms with Crippen molar-refractivity contribution in [2.75, 3.05) is 30.3 Å². The molecule has 0 aliphatic rings. The third-order valence-corrected chi connectivity index (χ3v) is 4.73. The van der Waals surface area contributed by atoms with Crippen molar-refractivity contribution < 1.29 is 13.2 Å². The zero-order valence-corrected chi connectivity index (χ0v) is 15.6. The highest BCUT2D eigenvalue weighted by molar-refractivity contribution is 7.72. The molecule has 0 aromatic heterocycles. The second kappa shape index (κ2) is 11.3. The number of hydrogen-bond acceptors (Lipinski definition) is 4. The van der Waals surface area contributed by atoms with Crippen molar-refractivity contribution >= 4 is 16.4 Å². The van der Waals surface area contributed by atoms with Crippen molar-refractivity contribution in [1.82, 2.24) is 0 Å². The fourth-order valence-corrected chi connectivity index (χ4v) is 2.94. The molecule has 1 unspecified atom stereocenters. The van der Waals surface area contributed by atoms with Gasteiger partial charge in [0.2, 0.25) is 0 Å². The molecular formula is C18H31NO3S. The highest BCUT2D eigenvalue weighted by Crippen LogP contribution is 2.21. The van der Waals surface area contributed by atoms with Gasteiger partial charge in [-0.25, -0.2) is 8.42 Å². The van der Waals surface area contributed by atoms with Gasteiger partial charge in [0.25, 0.3) is 0 Å². The van der Waals surface area contributed by atoms with E-state index in [-0.39, 0.29) is 5.75 Å². The van der Waals surface area contributed by atoms with Crippen LogP contribution in [0.4, 0.5) is 5.69 Å². The number of benzene rings is 1. The zero-order valence-electron chi connectivity index (χ0n) is 14.7. The lowest BCUT2D eigenvalue weighted by molar-refractivity contribution is 0.233. The van der Waals surface area contributed by atoms with Crippen molar-refractivity contribution in [1.29, 1.82) is 0 Å². The van der Waals surface area contributed by atoms with Gasteiger partial charge < -0.3 is 9.64 Å². The Morgan fingerprint density at radius 1 is 1.13 bits per heavy atom. The number of ether oxygens (including phenoxy) is 1. The van der Waals surface area contributed by atoms with E-state index in [0.29, 0.717) is 12.5 Å². The molecule has 1 rings (SSSR count). The Kier molecular flexibility index (Phi) is 9.76. The van der Waals surface area contributed by atoms with Crippen molar-refractivity contribution in [3.63, 3.8) is 0 Å². The molecule has 1 aromatic rings. The molecule has 4 nitrogen and oxygen atoms in total. The van der Waals surface area contributed by atoms with Crippen molar-refractivity contribution in [3.8, 4) is 5.75 Å². The minimum atomic E-state index is -2.32. The van der Waals surface area contributed by atoms with Crippen LogP contribution in [-0.4, -0.2) is 33.9 Å². The van der Waals surface area contributed by atoms with Crippen LogP contribution in [0.25, 0.3) is 0 Å². The van der Waals surface area contributed by atoms with E-state index < -0.39 is 10.7 Å². The third-order valence-electron chi connectivity index (χ3n) is 4.17. The summed E-state index contributed by atoms with van der Waals surface area (Å²) in [5.41, 5.74) is 1.04. The number of rotatable bonds is 12. The molecular weight excluding hydrogens is 310 g/mol. The highest BCUT2D eigenvalue weighted by atomic mass is 32.2.